The monoisotopic (exact) mass is 289 g/mol. The van der Waals surface area contributed by atoms with Crippen LogP contribution in [0.15, 0.2) is 47.4 Å². The lowest BCUT2D eigenvalue weighted by Gasteiger charge is -2.11. The topological polar surface area (TPSA) is 46.2 Å². The van der Waals surface area contributed by atoms with Gasteiger partial charge in [-0.25, -0.2) is 13.1 Å². The van der Waals surface area contributed by atoms with Crippen molar-refractivity contribution in [3.63, 3.8) is 0 Å². The summed E-state index contributed by atoms with van der Waals surface area (Å²) in [5, 5.41) is 0. The van der Waals surface area contributed by atoms with Crippen molar-refractivity contribution >= 4 is 10.0 Å². The van der Waals surface area contributed by atoms with Gasteiger partial charge >= 0.3 is 0 Å². The molecule has 0 bridgehead atoms. The zero-order valence-electron chi connectivity index (χ0n) is 12.0. The molecule has 0 radical (unpaired) electrons. The Balaban J connectivity index is 2.24. The molecular weight excluding hydrogens is 270 g/mol. The maximum absolute atomic E-state index is 12.4. The molecule has 3 nitrogen and oxygen atoms in total. The van der Waals surface area contributed by atoms with Crippen molar-refractivity contribution in [3.05, 3.63) is 64.7 Å². The van der Waals surface area contributed by atoms with E-state index in [1.165, 1.54) is 0 Å². The molecule has 0 fully saturated rings. The van der Waals surface area contributed by atoms with Crippen molar-refractivity contribution in [1.82, 2.24) is 4.72 Å². The molecule has 2 rings (SSSR count). The standard InChI is InChI=1S/C16H19NO2S/c1-12-8-9-14(3)16(10-12)20(18,19)17-11-15-7-5-4-6-13(15)2/h4-10,17H,11H2,1-3H3. The average molecular weight is 289 g/mol. The van der Waals surface area contributed by atoms with Crippen molar-refractivity contribution < 1.29 is 8.42 Å². The molecule has 106 valence electrons. The minimum Gasteiger partial charge on any atom is -0.207 e. The first-order chi connectivity index (χ1) is 9.40. The highest BCUT2D eigenvalue weighted by Gasteiger charge is 2.16. The molecule has 0 aromatic heterocycles. The number of hydrogen-bond acceptors (Lipinski definition) is 2. The predicted molar refractivity (Wildman–Crippen MR) is 81.1 cm³/mol. The van der Waals surface area contributed by atoms with Crippen LogP contribution in [0.1, 0.15) is 22.3 Å². The van der Waals surface area contributed by atoms with Crippen LogP contribution in [0.4, 0.5) is 0 Å². The molecule has 4 heteroatoms. The highest BCUT2D eigenvalue weighted by atomic mass is 32.2. The number of aryl methyl sites for hydroxylation is 3. The zero-order valence-corrected chi connectivity index (χ0v) is 12.8. The first-order valence-electron chi connectivity index (χ1n) is 6.51. The summed E-state index contributed by atoms with van der Waals surface area (Å²) in [5.74, 6) is 0. The van der Waals surface area contributed by atoms with E-state index in [1.54, 1.807) is 6.07 Å². The van der Waals surface area contributed by atoms with Gasteiger partial charge in [0, 0.05) is 6.54 Å². The van der Waals surface area contributed by atoms with E-state index in [9.17, 15) is 8.42 Å². The molecule has 0 spiro atoms. The molecule has 2 aromatic rings. The Morgan fingerprint density at radius 2 is 1.65 bits per heavy atom. The molecule has 0 amide bonds. The van der Waals surface area contributed by atoms with Crippen LogP contribution in [0.25, 0.3) is 0 Å². The smallest absolute Gasteiger partial charge is 0.207 e. The fraction of sp³-hybridized carbons (Fsp3) is 0.250. The van der Waals surface area contributed by atoms with E-state index in [1.807, 2.05) is 57.2 Å². The van der Waals surface area contributed by atoms with Gasteiger partial charge in [0.25, 0.3) is 0 Å². The van der Waals surface area contributed by atoms with E-state index in [2.05, 4.69) is 4.72 Å². The molecular formula is C16H19NO2S. The fourth-order valence-electron chi connectivity index (χ4n) is 2.06. The summed E-state index contributed by atoms with van der Waals surface area (Å²) in [5.41, 5.74) is 3.76. The third-order valence-corrected chi connectivity index (χ3v) is 4.89. The molecule has 2 aromatic carbocycles. The Morgan fingerprint density at radius 1 is 0.950 bits per heavy atom. The number of nitrogens with one attached hydrogen (secondary N) is 1. The summed E-state index contributed by atoms with van der Waals surface area (Å²) in [4.78, 5) is 0.353. The second kappa shape index (κ2) is 5.77. The maximum atomic E-state index is 12.4. The van der Waals surface area contributed by atoms with Crippen LogP contribution in [0.5, 0.6) is 0 Å². The maximum Gasteiger partial charge on any atom is 0.241 e. The Bertz CT molecular complexity index is 721. The van der Waals surface area contributed by atoms with Gasteiger partial charge in [0.2, 0.25) is 10.0 Å². The van der Waals surface area contributed by atoms with E-state index in [0.717, 1.165) is 22.3 Å². The molecule has 0 unspecified atom stereocenters. The lowest BCUT2D eigenvalue weighted by Crippen LogP contribution is -2.24. The quantitative estimate of drug-likeness (QED) is 0.940. The summed E-state index contributed by atoms with van der Waals surface area (Å²) >= 11 is 0. The summed E-state index contributed by atoms with van der Waals surface area (Å²) in [6.45, 7) is 5.98. The molecule has 0 aliphatic rings. The second-order valence-electron chi connectivity index (χ2n) is 5.02. The number of hydrogen-bond donors (Lipinski definition) is 1. The molecule has 0 aliphatic heterocycles. The van der Waals surface area contributed by atoms with Gasteiger partial charge in [-0.1, -0.05) is 36.4 Å². The van der Waals surface area contributed by atoms with Crippen molar-refractivity contribution in [2.24, 2.45) is 0 Å². The number of rotatable bonds is 4. The van der Waals surface area contributed by atoms with Gasteiger partial charge in [0.1, 0.15) is 0 Å². The van der Waals surface area contributed by atoms with Gasteiger partial charge < -0.3 is 0 Å². The minimum atomic E-state index is -3.48. The van der Waals surface area contributed by atoms with Crippen LogP contribution in [0, 0.1) is 20.8 Å². The highest BCUT2D eigenvalue weighted by Crippen LogP contribution is 2.17. The molecule has 0 atom stereocenters. The average Bonchev–Trinajstić information content (AvgIpc) is 2.40. The van der Waals surface area contributed by atoms with Gasteiger partial charge in [0.05, 0.1) is 4.90 Å². The second-order valence-corrected chi connectivity index (χ2v) is 6.76. The van der Waals surface area contributed by atoms with Crippen LogP contribution in [0.2, 0.25) is 0 Å². The summed E-state index contributed by atoms with van der Waals surface area (Å²) in [7, 11) is -3.48. The first kappa shape index (κ1) is 14.8. The minimum absolute atomic E-state index is 0.308. The van der Waals surface area contributed by atoms with E-state index < -0.39 is 10.0 Å². The van der Waals surface area contributed by atoms with E-state index in [0.29, 0.717) is 11.4 Å². The molecule has 1 N–H and O–H groups in total. The van der Waals surface area contributed by atoms with Gasteiger partial charge in [0.15, 0.2) is 0 Å². The first-order valence-corrected chi connectivity index (χ1v) is 8.00. The van der Waals surface area contributed by atoms with Crippen LogP contribution < -0.4 is 4.72 Å². The number of sulfonamides is 1. The van der Waals surface area contributed by atoms with E-state index in [-0.39, 0.29) is 0 Å². The van der Waals surface area contributed by atoms with E-state index in [4.69, 9.17) is 0 Å². The van der Waals surface area contributed by atoms with Crippen LogP contribution in [-0.4, -0.2) is 8.42 Å². The third kappa shape index (κ3) is 3.26. The summed E-state index contributed by atoms with van der Waals surface area (Å²) in [6.07, 6.45) is 0. The number of benzene rings is 2. The lowest BCUT2D eigenvalue weighted by atomic mass is 10.1. The normalized spacial score (nSPS) is 11.6. The fourth-order valence-corrected chi connectivity index (χ4v) is 3.39. The summed E-state index contributed by atoms with van der Waals surface area (Å²) in [6, 6.07) is 13.2. The van der Waals surface area contributed by atoms with E-state index >= 15 is 0 Å². The van der Waals surface area contributed by atoms with Crippen LogP contribution >= 0.6 is 0 Å². The molecule has 20 heavy (non-hydrogen) atoms. The Kier molecular flexibility index (Phi) is 4.26. The molecule has 0 aliphatic carbocycles. The van der Waals surface area contributed by atoms with Crippen molar-refractivity contribution in [2.45, 2.75) is 32.2 Å². The highest BCUT2D eigenvalue weighted by molar-refractivity contribution is 7.89. The Labute approximate surface area is 120 Å². The summed E-state index contributed by atoms with van der Waals surface area (Å²) < 4.78 is 27.4. The lowest BCUT2D eigenvalue weighted by molar-refractivity contribution is 0.580. The van der Waals surface area contributed by atoms with Crippen molar-refractivity contribution in [3.8, 4) is 0 Å². The molecule has 0 saturated carbocycles. The van der Waals surface area contributed by atoms with Crippen LogP contribution in [0.3, 0.4) is 0 Å². The largest absolute Gasteiger partial charge is 0.241 e. The predicted octanol–water partition coefficient (Wildman–Crippen LogP) is 3.09. The molecule has 0 saturated heterocycles. The van der Waals surface area contributed by atoms with Gasteiger partial charge in [-0.3, -0.25) is 0 Å². The SMILES string of the molecule is Cc1ccc(C)c(S(=O)(=O)NCc2ccccc2C)c1. The van der Waals surface area contributed by atoms with Gasteiger partial charge in [-0.2, -0.15) is 0 Å². The van der Waals surface area contributed by atoms with Crippen molar-refractivity contribution in [2.75, 3.05) is 0 Å². The van der Waals surface area contributed by atoms with Gasteiger partial charge in [-0.15, -0.1) is 0 Å². The van der Waals surface area contributed by atoms with Crippen LogP contribution in [-0.2, 0) is 16.6 Å². The Hall–Kier alpha value is -1.65. The third-order valence-electron chi connectivity index (χ3n) is 3.35. The van der Waals surface area contributed by atoms with Crippen molar-refractivity contribution in [1.29, 1.82) is 0 Å². The Morgan fingerprint density at radius 3 is 2.35 bits per heavy atom. The molecule has 0 heterocycles. The van der Waals surface area contributed by atoms with Gasteiger partial charge in [-0.05, 0) is 49.1 Å². The zero-order chi connectivity index (χ0) is 14.8.